The van der Waals surface area contributed by atoms with Gasteiger partial charge in [-0.3, -0.25) is 0 Å². The van der Waals surface area contributed by atoms with Crippen molar-refractivity contribution in [3.05, 3.63) is 17.7 Å². The summed E-state index contributed by atoms with van der Waals surface area (Å²) < 4.78 is 10.6. The third kappa shape index (κ3) is 1.48. The maximum Gasteiger partial charge on any atom is 0.231 e. The van der Waals surface area contributed by atoms with E-state index in [1.807, 2.05) is 31.0 Å². The van der Waals surface area contributed by atoms with Gasteiger partial charge in [0, 0.05) is 18.8 Å². The molecule has 1 heterocycles. The lowest BCUT2D eigenvalue weighted by Gasteiger charge is -2.18. The first kappa shape index (κ1) is 9.46. The third-order valence-corrected chi connectivity index (χ3v) is 2.64. The van der Waals surface area contributed by atoms with Gasteiger partial charge in [0.05, 0.1) is 6.00 Å². The summed E-state index contributed by atoms with van der Waals surface area (Å²) in [6, 6.07) is 4.39. The van der Waals surface area contributed by atoms with Crippen molar-refractivity contribution < 1.29 is 9.47 Å². The van der Waals surface area contributed by atoms with Crippen LogP contribution < -0.4 is 14.4 Å². The van der Waals surface area contributed by atoms with E-state index in [-0.39, 0.29) is 0 Å². The molecule has 0 bridgehead atoms. The highest BCUT2D eigenvalue weighted by molar-refractivity contribution is 6.19. The Morgan fingerprint density at radius 3 is 2.64 bits per heavy atom. The molecule has 2 rings (SSSR count). The van der Waals surface area contributed by atoms with Crippen LogP contribution in [0.5, 0.6) is 11.5 Å². The van der Waals surface area contributed by atoms with E-state index in [9.17, 15) is 0 Å². The molecule has 0 spiro atoms. The summed E-state index contributed by atoms with van der Waals surface area (Å²) in [5.41, 5.74) is 2.21. The van der Waals surface area contributed by atoms with Crippen LogP contribution in [0.15, 0.2) is 12.1 Å². The van der Waals surface area contributed by atoms with E-state index in [0.29, 0.717) is 12.8 Å². The van der Waals surface area contributed by atoms with Crippen LogP contribution in [0.1, 0.15) is 5.56 Å². The van der Waals surface area contributed by atoms with Crippen LogP contribution in [-0.4, -0.2) is 19.8 Å². The number of nitrogens with zero attached hydrogens (tertiary/aromatic N) is 1. The lowest BCUT2D eigenvalue weighted by molar-refractivity contribution is 0.174. The number of halogens is 1. The van der Waals surface area contributed by atoms with E-state index in [1.54, 1.807) is 0 Å². The normalized spacial score (nSPS) is 13.1. The van der Waals surface area contributed by atoms with Crippen molar-refractivity contribution in [1.82, 2.24) is 0 Å². The average molecular weight is 214 g/mol. The Morgan fingerprint density at radius 1 is 1.36 bits per heavy atom. The molecule has 4 heteroatoms. The van der Waals surface area contributed by atoms with Gasteiger partial charge in [-0.25, -0.2) is 0 Å². The molecule has 0 radical (unpaired) electrons. The molecule has 0 aromatic heterocycles. The fraction of sp³-hybridized carbons (Fsp3) is 0.400. The number of benzene rings is 1. The molecule has 0 unspecified atom stereocenters. The molecule has 0 aliphatic carbocycles. The second-order valence-electron chi connectivity index (χ2n) is 3.31. The summed E-state index contributed by atoms with van der Waals surface area (Å²) in [5.74, 6) is 1.61. The number of alkyl halides is 1. The van der Waals surface area contributed by atoms with Gasteiger partial charge in [-0.05, 0) is 18.6 Å². The highest BCUT2D eigenvalue weighted by Gasteiger charge is 2.16. The van der Waals surface area contributed by atoms with Crippen molar-refractivity contribution in [2.45, 2.75) is 6.92 Å². The van der Waals surface area contributed by atoms with Crippen LogP contribution >= 0.6 is 11.6 Å². The topological polar surface area (TPSA) is 21.7 Å². The van der Waals surface area contributed by atoms with Gasteiger partial charge in [-0.2, -0.15) is 0 Å². The van der Waals surface area contributed by atoms with Crippen LogP contribution in [0.25, 0.3) is 0 Å². The number of hydrogen-bond donors (Lipinski definition) is 0. The summed E-state index contributed by atoms with van der Waals surface area (Å²) in [6.45, 7) is 2.34. The number of hydrogen-bond acceptors (Lipinski definition) is 3. The second-order valence-corrected chi connectivity index (χ2v) is 3.55. The van der Waals surface area contributed by atoms with Gasteiger partial charge >= 0.3 is 0 Å². The van der Waals surface area contributed by atoms with Crippen LogP contribution in [-0.2, 0) is 0 Å². The van der Waals surface area contributed by atoms with E-state index in [1.165, 1.54) is 0 Å². The predicted octanol–water partition coefficient (Wildman–Crippen LogP) is 2.36. The summed E-state index contributed by atoms with van der Waals surface area (Å²) in [7, 11) is 1.94. The van der Waals surface area contributed by atoms with Gasteiger partial charge in [0.15, 0.2) is 11.5 Å². The zero-order chi connectivity index (χ0) is 10.1. The lowest BCUT2D eigenvalue weighted by atomic mass is 10.1. The van der Waals surface area contributed by atoms with Crippen LogP contribution in [0.3, 0.4) is 0 Å². The SMILES string of the molecule is Cc1cc2c(cc1N(C)CCl)OCO2. The average Bonchev–Trinajstić information content (AvgIpc) is 2.62. The monoisotopic (exact) mass is 213 g/mol. The molecule has 0 atom stereocenters. The third-order valence-electron chi connectivity index (χ3n) is 2.28. The first-order chi connectivity index (χ1) is 6.72. The smallest absolute Gasteiger partial charge is 0.231 e. The fourth-order valence-corrected chi connectivity index (χ4v) is 1.64. The van der Waals surface area contributed by atoms with E-state index >= 15 is 0 Å². The summed E-state index contributed by atoms with van der Waals surface area (Å²) in [4.78, 5) is 1.96. The van der Waals surface area contributed by atoms with Gasteiger partial charge in [0.25, 0.3) is 0 Å². The molecule has 0 N–H and O–H groups in total. The Balaban J connectivity index is 2.42. The maximum absolute atomic E-state index is 5.76. The van der Waals surface area contributed by atoms with E-state index in [4.69, 9.17) is 21.1 Å². The van der Waals surface area contributed by atoms with Crippen molar-refractivity contribution in [1.29, 1.82) is 0 Å². The van der Waals surface area contributed by atoms with Gasteiger partial charge in [0.2, 0.25) is 6.79 Å². The maximum atomic E-state index is 5.76. The first-order valence-electron chi connectivity index (χ1n) is 4.39. The molecule has 1 aliphatic rings. The van der Waals surface area contributed by atoms with Crippen molar-refractivity contribution in [2.75, 3.05) is 24.7 Å². The number of fused-ring (bicyclic) bond motifs is 1. The second kappa shape index (κ2) is 3.58. The quantitative estimate of drug-likeness (QED) is 0.556. The predicted molar refractivity (Wildman–Crippen MR) is 56.4 cm³/mol. The Morgan fingerprint density at radius 2 is 2.00 bits per heavy atom. The molecule has 76 valence electrons. The van der Waals surface area contributed by atoms with Crippen molar-refractivity contribution in [3.63, 3.8) is 0 Å². The number of aryl methyl sites for hydroxylation is 1. The van der Waals surface area contributed by atoms with Crippen molar-refractivity contribution in [2.24, 2.45) is 0 Å². The Hall–Kier alpha value is -1.09. The van der Waals surface area contributed by atoms with Gasteiger partial charge in [-0.15, -0.1) is 11.6 Å². The Labute approximate surface area is 88.2 Å². The number of anilines is 1. The highest BCUT2D eigenvalue weighted by Crippen LogP contribution is 2.37. The molecular formula is C10H12ClNO2. The standard InChI is InChI=1S/C10H12ClNO2/c1-7-3-9-10(14-6-13-9)4-8(7)12(2)5-11/h3-4H,5-6H2,1-2H3. The molecule has 1 aromatic rings. The molecule has 1 aliphatic heterocycles. The molecule has 0 amide bonds. The minimum Gasteiger partial charge on any atom is -0.454 e. The fourth-order valence-electron chi connectivity index (χ4n) is 1.51. The highest BCUT2D eigenvalue weighted by atomic mass is 35.5. The van der Waals surface area contributed by atoms with E-state index in [2.05, 4.69) is 0 Å². The lowest BCUT2D eigenvalue weighted by Crippen LogP contribution is -2.15. The van der Waals surface area contributed by atoms with E-state index < -0.39 is 0 Å². The molecule has 1 aromatic carbocycles. The molecule has 0 saturated carbocycles. The van der Waals surface area contributed by atoms with Gasteiger partial charge < -0.3 is 14.4 Å². The van der Waals surface area contributed by atoms with Crippen molar-refractivity contribution >= 4 is 17.3 Å². The van der Waals surface area contributed by atoms with Gasteiger partial charge in [0.1, 0.15) is 0 Å². The Kier molecular flexibility index (Phi) is 2.42. The molecule has 14 heavy (non-hydrogen) atoms. The van der Waals surface area contributed by atoms with E-state index in [0.717, 1.165) is 22.7 Å². The number of ether oxygens (including phenoxy) is 2. The molecule has 0 fully saturated rings. The summed E-state index contributed by atoms with van der Waals surface area (Å²) >= 11 is 5.76. The summed E-state index contributed by atoms with van der Waals surface area (Å²) in [6.07, 6.45) is 0. The zero-order valence-corrected chi connectivity index (χ0v) is 8.97. The molecule has 3 nitrogen and oxygen atoms in total. The molecule has 0 saturated heterocycles. The largest absolute Gasteiger partial charge is 0.454 e. The first-order valence-corrected chi connectivity index (χ1v) is 4.93. The zero-order valence-electron chi connectivity index (χ0n) is 8.21. The van der Waals surface area contributed by atoms with Crippen molar-refractivity contribution in [3.8, 4) is 11.5 Å². The van der Waals surface area contributed by atoms with Crippen LogP contribution in [0, 0.1) is 6.92 Å². The molecular weight excluding hydrogens is 202 g/mol. The summed E-state index contributed by atoms with van der Waals surface area (Å²) in [5, 5.41) is 0. The minimum absolute atomic E-state index is 0.308. The minimum atomic E-state index is 0.308. The Bertz CT molecular complexity index is 354. The van der Waals surface area contributed by atoms with Crippen LogP contribution in [0.4, 0.5) is 5.69 Å². The van der Waals surface area contributed by atoms with Gasteiger partial charge in [-0.1, -0.05) is 0 Å². The van der Waals surface area contributed by atoms with Crippen LogP contribution in [0.2, 0.25) is 0 Å². The number of rotatable bonds is 2.